The second-order valence-corrected chi connectivity index (χ2v) is 4.15. The highest BCUT2D eigenvalue weighted by molar-refractivity contribution is 5.75. The summed E-state index contributed by atoms with van der Waals surface area (Å²) in [5.74, 6) is -0.902. The van der Waals surface area contributed by atoms with Gasteiger partial charge in [0.15, 0.2) is 0 Å². The van der Waals surface area contributed by atoms with Gasteiger partial charge in [0.25, 0.3) is 0 Å². The maximum absolute atomic E-state index is 11.8. The fourth-order valence-electron chi connectivity index (χ4n) is 1.69. The smallest absolute Gasteiger partial charge is 0.317 e. The van der Waals surface area contributed by atoms with Crippen LogP contribution in [0.4, 0.5) is 4.79 Å². The normalized spacial score (nSPS) is 10.2. The van der Waals surface area contributed by atoms with E-state index in [2.05, 4.69) is 10.4 Å². The van der Waals surface area contributed by atoms with Gasteiger partial charge in [-0.1, -0.05) is 0 Å². The monoisotopic (exact) mass is 268 g/mol. The van der Waals surface area contributed by atoms with Crippen LogP contribution < -0.4 is 5.32 Å². The molecular formula is C12H20N4O3. The molecule has 0 bridgehead atoms. The van der Waals surface area contributed by atoms with Crippen LogP contribution in [0.2, 0.25) is 0 Å². The van der Waals surface area contributed by atoms with E-state index in [-0.39, 0.29) is 19.0 Å². The molecule has 1 aromatic rings. The van der Waals surface area contributed by atoms with Gasteiger partial charge >= 0.3 is 12.0 Å². The van der Waals surface area contributed by atoms with E-state index in [1.54, 1.807) is 10.9 Å². The van der Waals surface area contributed by atoms with Crippen LogP contribution in [0, 0.1) is 0 Å². The van der Waals surface area contributed by atoms with Gasteiger partial charge in [0.1, 0.15) is 0 Å². The van der Waals surface area contributed by atoms with Gasteiger partial charge in [-0.2, -0.15) is 5.10 Å². The van der Waals surface area contributed by atoms with Crippen molar-refractivity contribution in [3.8, 4) is 0 Å². The van der Waals surface area contributed by atoms with Gasteiger partial charge in [0.05, 0.1) is 6.42 Å². The Labute approximate surface area is 112 Å². The number of aliphatic carboxylic acids is 1. The number of rotatable bonds is 7. The summed E-state index contributed by atoms with van der Waals surface area (Å²) in [5, 5.41) is 15.4. The molecule has 0 aliphatic carbocycles. The second kappa shape index (κ2) is 7.40. The molecule has 0 aliphatic rings. The average Bonchev–Trinajstić information content (AvgIpc) is 2.75. The Kier molecular flexibility index (Phi) is 5.84. The topological polar surface area (TPSA) is 87.5 Å². The number of aromatic nitrogens is 2. The molecule has 0 spiro atoms. The number of carboxylic acid groups (broad SMARTS) is 1. The summed E-state index contributed by atoms with van der Waals surface area (Å²) in [4.78, 5) is 23.8. The highest BCUT2D eigenvalue weighted by atomic mass is 16.4. The van der Waals surface area contributed by atoms with Crippen LogP contribution in [0.1, 0.15) is 19.0 Å². The molecule has 0 radical (unpaired) electrons. The summed E-state index contributed by atoms with van der Waals surface area (Å²) >= 11 is 0. The van der Waals surface area contributed by atoms with Crippen molar-refractivity contribution >= 4 is 12.0 Å². The summed E-state index contributed by atoms with van der Waals surface area (Å²) in [6, 6.07) is 1.67. The van der Waals surface area contributed by atoms with E-state index in [1.165, 1.54) is 4.90 Å². The van der Waals surface area contributed by atoms with Gasteiger partial charge in [-0.25, -0.2) is 4.79 Å². The van der Waals surface area contributed by atoms with Crippen molar-refractivity contribution in [2.24, 2.45) is 7.05 Å². The standard InChI is InChI=1S/C12H20N4O3/c1-3-16(9-6-11(17)18)12(19)13-7-4-10-5-8-14-15(10)2/h5,8H,3-4,6-7,9H2,1-2H3,(H,13,19)(H,17,18). The number of urea groups is 1. The van der Waals surface area contributed by atoms with E-state index in [9.17, 15) is 9.59 Å². The molecule has 0 atom stereocenters. The molecule has 0 aromatic carbocycles. The number of carbonyl (C=O) groups is 2. The number of nitrogens with one attached hydrogen (secondary N) is 1. The van der Waals surface area contributed by atoms with Crippen molar-refractivity contribution in [3.63, 3.8) is 0 Å². The summed E-state index contributed by atoms with van der Waals surface area (Å²) in [6.45, 7) is 3.04. The SMILES string of the molecule is CCN(CCC(=O)O)C(=O)NCCc1ccnn1C. The summed E-state index contributed by atoms with van der Waals surface area (Å²) in [5.41, 5.74) is 1.04. The van der Waals surface area contributed by atoms with E-state index < -0.39 is 5.97 Å². The molecule has 0 aliphatic heterocycles. The third-order valence-corrected chi connectivity index (χ3v) is 2.84. The summed E-state index contributed by atoms with van der Waals surface area (Å²) < 4.78 is 1.76. The number of carbonyl (C=O) groups excluding carboxylic acids is 1. The van der Waals surface area contributed by atoms with Crippen LogP contribution in [0.3, 0.4) is 0 Å². The van der Waals surface area contributed by atoms with Crippen molar-refractivity contribution in [2.75, 3.05) is 19.6 Å². The van der Waals surface area contributed by atoms with Gasteiger partial charge in [-0.15, -0.1) is 0 Å². The Morgan fingerprint density at radius 3 is 2.79 bits per heavy atom. The number of amides is 2. The molecule has 2 N–H and O–H groups in total. The number of hydrogen-bond acceptors (Lipinski definition) is 3. The Morgan fingerprint density at radius 2 is 2.26 bits per heavy atom. The van der Waals surface area contributed by atoms with Gasteiger partial charge in [0, 0.05) is 45.0 Å². The number of nitrogens with zero attached hydrogens (tertiary/aromatic N) is 3. The van der Waals surface area contributed by atoms with Crippen LogP contribution >= 0.6 is 0 Å². The first-order valence-corrected chi connectivity index (χ1v) is 6.26. The molecule has 0 saturated carbocycles. The predicted octanol–water partition coefficient (Wildman–Crippen LogP) is 0.469. The molecule has 19 heavy (non-hydrogen) atoms. The number of aryl methyl sites for hydroxylation is 1. The van der Waals surface area contributed by atoms with Gasteiger partial charge in [-0.05, 0) is 13.0 Å². The van der Waals surface area contributed by atoms with E-state index in [0.717, 1.165) is 5.69 Å². The van der Waals surface area contributed by atoms with Crippen LogP contribution in [0.25, 0.3) is 0 Å². The first-order chi connectivity index (χ1) is 9.04. The number of hydrogen-bond donors (Lipinski definition) is 2. The minimum atomic E-state index is -0.902. The second-order valence-electron chi connectivity index (χ2n) is 4.15. The highest BCUT2D eigenvalue weighted by Gasteiger charge is 2.12. The quantitative estimate of drug-likeness (QED) is 0.752. The minimum absolute atomic E-state index is 0.0387. The first-order valence-electron chi connectivity index (χ1n) is 6.26. The van der Waals surface area contributed by atoms with E-state index in [0.29, 0.717) is 19.5 Å². The molecule has 2 amide bonds. The van der Waals surface area contributed by atoms with Crippen LogP contribution in [-0.4, -0.2) is 51.4 Å². The lowest BCUT2D eigenvalue weighted by atomic mass is 10.3. The Bertz CT molecular complexity index is 430. The largest absolute Gasteiger partial charge is 0.481 e. The summed E-state index contributed by atoms with van der Waals surface area (Å²) in [6.07, 6.45) is 2.37. The van der Waals surface area contributed by atoms with Crippen LogP contribution in [0.15, 0.2) is 12.3 Å². The minimum Gasteiger partial charge on any atom is -0.481 e. The molecule has 106 valence electrons. The third kappa shape index (κ3) is 4.99. The van der Waals surface area contributed by atoms with E-state index in [1.807, 2.05) is 20.0 Å². The molecule has 0 unspecified atom stereocenters. The van der Waals surface area contributed by atoms with E-state index >= 15 is 0 Å². The predicted molar refractivity (Wildman–Crippen MR) is 69.8 cm³/mol. The summed E-state index contributed by atoms with van der Waals surface area (Å²) in [7, 11) is 1.85. The zero-order valence-corrected chi connectivity index (χ0v) is 11.3. The van der Waals surface area contributed by atoms with Crippen molar-refractivity contribution in [1.29, 1.82) is 0 Å². The Hall–Kier alpha value is -2.05. The lowest BCUT2D eigenvalue weighted by Crippen LogP contribution is -2.41. The van der Waals surface area contributed by atoms with Crippen molar-refractivity contribution in [1.82, 2.24) is 20.0 Å². The van der Waals surface area contributed by atoms with Crippen LogP contribution in [0.5, 0.6) is 0 Å². The molecule has 7 heteroatoms. The number of carboxylic acids is 1. The van der Waals surface area contributed by atoms with Crippen molar-refractivity contribution in [2.45, 2.75) is 19.8 Å². The molecule has 0 saturated heterocycles. The average molecular weight is 268 g/mol. The maximum Gasteiger partial charge on any atom is 0.317 e. The molecular weight excluding hydrogens is 248 g/mol. The zero-order chi connectivity index (χ0) is 14.3. The Balaban J connectivity index is 2.32. The maximum atomic E-state index is 11.8. The molecule has 1 aromatic heterocycles. The fourth-order valence-corrected chi connectivity index (χ4v) is 1.69. The molecule has 7 nitrogen and oxygen atoms in total. The van der Waals surface area contributed by atoms with E-state index in [4.69, 9.17) is 5.11 Å². The van der Waals surface area contributed by atoms with Crippen molar-refractivity contribution in [3.05, 3.63) is 18.0 Å². The van der Waals surface area contributed by atoms with Crippen LogP contribution in [-0.2, 0) is 18.3 Å². The zero-order valence-electron chi connectivity index (χ0n) is 11.3. The fraction of sp³-hybridized carbons (Fsp3) is 0.583. The lowest BCUT2D eigenvalue weighted by Gasteiger charge is -2.20. The molecule has 1 rings (SSSR count). The van der Waals surface area contributed by atoms with Gasteiger partial charge in [-0.3, -0.25) is 9.48 Å². The van der Waals surface area contributed by atoms with Crippen molar-refractivity contribution < 1.29 is 14.7 Å². The first kappa shape index (κ1) is 15.0. The Morgan fingerprint density at radius 1 is 1.53 bits per heavy atom. The molecule has 1 heterocycles. The third-order valence-electron chi connectivity index (χ3n) is 2.84. The van der Waals surface area contributed by atoms with Gasteiger partial charge in [0.2, 0.25) is 0 Å². The molecule has 0 fully saturated rings. The van der Waals surface area contributed by atoms with Gasteiger partial charge < -0.3 is 15.3 Å². The lowest BCUT2D eigenvalue weighted by molar-refractivity contribution is -0.137. The highest BCUT2D eigenvalue weighted by Crippen LogP contribution is 1.97.